The van der Waals surface area contributed by atoms with Gasteiger partial charge < -0.3 is 24.7 Å². The van der Waals surface area contributed by atoms with E-state index in [-0.39, 0.29) is 24.3 Å². The van der Waals surface area contributed by atoms with Gasteiger partial charge in [0.15, 0.2) is 0 Å². The Labute approximate surface area is 236 Å². The predicted octanol–water partition coefficient (Wildman–Crippen LogP) is 5.18. The number of unbranched alkanes of at least 4 members (excludes halogenated alkanes) is 1. The molecule has 3 aromatic heterocycles. The zero-order valence-corrected chi connectivity index (χ0v) is 23.4. The van der Waals surface area contributed by atoms with Crippen LogP contribution in [0.1, 0.15) is 50.9 Å². The van der Waals surface area contributed by atoms with E-state index in [1.807, 2.05) is 12.3 Å². The number of hydrogen-bond acceptors (Lipinski definition) is 7. The molecule has 5 atom stereocenters. The standard InChI is InChI=1S/C28H33Cl2N7O2/c1-15-36(8-3-2-4-24-34-21-11-19(29)20(30)12-22(21)35-24)13-16-10-23(25(38)26(16)39-15)37-9-7-18-27(33-17-5-6-17)31-14-32-28(18)37/h7,9,11-12,14-17,23,25-26,38H,2-6,8,10,13H2,1H3,(H,34,35)(H,31,32,33). The molecule has 7 rings (SSSR count). The summed E-state index contributed by atoms with van der Waals surface area (Å²) in [6.07, 6.45) is 9.03. The number of aryl methyl sites for hydroxylation is 1. The topological polar surface area (TPSA) is 104 Å². The van der Waals surface area contributed by atoms with E-state index in [9.17, 15) is 5.11 Å². The summed E-state index contributed by atoms with van der Waals surface area (Å²) in [6, 6.07) is 6.15. The van der Waals surface area contributed by atoms with Crippen molar-refractivity contribution in [1.82, 2.24) is 29.4 Å². The van der Waals surface area contributed by atoms with Gasteiger partial charge in [-0.25, -0.2) is 15.0 Å². The molecule has 2 saturated carbocycles. The summed E-state index contributed by atoms with van der Waals surface area (Å²) >= 11 is 12.3. The highest BCUT2D eigenvalue weighted by molar-refractivity contribution is 6.42. The molecule has 4 heterocycles. The molecule has 1 aliphatic heterocycles. The second-order valence-electron chi connectivity index (χ2n) is 11.3. The molecular weight excluding hydrogens is 537 g/mol. The summed E-state index contributed by atoms with van der Waals surface area (Å²) in [6.45, 7) is 3.96. The van der Waals surface area contributed by atoms with Gasteiger partial charge in [0.25, 0.3) is 0 Å². The van der Waals surface area contributed by atoms with Crippen molar-refractivity contribution < 1.29 is 9.84 Å². The minimum absolute atomic E-state index is 0.0341. The van der Waals surface area contributed by atoms with Crippen molar-refractivity contribution in [3.63, 3.8) is 0 Å². The predicted molar refractivity (Wildman–Crippen MR) is 152 cm³/mol. The molecule has 3 N–H and O–H groups in total. The third kappa shape index (κ3) is 4.89. The highest BCUT2D eigenvalue weighted by atomic mass is 35.5. The molecule has 4 aromatic rings. The number of nitrogens with zero attached hydrogens (tertiary/aromatic N) is 5. The van der Waals surface area contributed by atoms with Crippen LogP contribution < -0.4 is 5.32 Å². The monoisotopic (exact) mass is 569 g/mol. The van der Waals surface area contributed by atoms with Gasteiger partial charge in [-0.2, -0.15) is 0 Å². The number of H-pyrrole nitrogens is 1. The Morgan fingerprint density at radius 2 is 2.03 bits per heavy atom. The first-order valence-corrected chi connectivity index (χ1v) is 14.7. The van der Waals surface area contributed by atoms with E-state index in [0.29, 0.717) is 16.1 Å². The van der Waals surface area contributed by atoms with E-state index >= 15 is 0 Å². The SMILES string of the molecule is CC1OC2C(CC(n3ccc4c(NC5CC5)ncnc43)C2O)CN1CCCCc1nc2cc(Cl)c(Cl)cc2[nH]1. The molecule has 9 nitrogen and oxygen atoms in total. The Balaban J connectivity index is 0.975. The van der Waals surface area contributed by atoms with E-state index in [2.05, 4.69) is 47.7 Å². The van der Waals surface area contributed by atoms with Gasteiger partial charge in [0.05, 0.1) is 38.6 Å². The van der Waals surface area contributed by atoms with Crippen LogP contribution >= 0.6 is 23.2 Å². The Bertz CT molecular complexity index is 1460. The van der Waals surface area contributed by atoms with Crippen LogP contribution in [0.3, 0.4) is 0 Å². The Morgan fingerprint density at radius 1 is 1.18 bits per heavy atom. The lowest BCUT2D eigenvalue weighted by molar-refractivity contribution is -0.173. The maximum atomic E-state index is 11.3. The average Bonchev–Trinajstić information content (AvgIpc) is 3.35. The zero-order valence-electron chi connectivity index (χ0n) is 21.9. The van der Waals surface area contributed by atoms with Gasteiger partial charge in [-0.3, -0.25) is 4.90 Å². The van der Waals surface area contributed by atoms with Crippen LogP contribution in [0.15, 0.2) is 30.7 Å². The van der Waals surface area contributed by atoms with Gasteiger partial charge in [0, 0.05) is 37.7 Å². The van der Waals surface area contributed by atoms with E-state index in [1.165, 1.54) is 12.8 Å². The molecule has 0 bridgehead atoms. The third-order valence-corrected chi connectivity index (χ3v) is 9.27. The summed E-state index contributed by atoms with van der Waals surface area (Å²) in [5, 5.41) is 16.9. The van der Waals surface area contributed by atoms with Crippen molar-refractivity contribution in [2.45, 2.75) is 76.0 Å². The lowest BCUT2D eigenvalue weighted by Crippen LogP contribution is -2.51. The minimum atomic E-state index is -0.569. The van der Waals surface area contributed by atoms with Crippen LogP contribution in [-0.2, 0) is 11.2 Å². The van der Waals surface area contributed by atoms with E-state index in [0.717, 1.165) is 72.5 Å². The number of ether oxygens (including phenoxy) is 1. The van der Waals surface area contributed by atoms with Gasteiger partial charge in [-0.1, -0.05) is 23.2 Å². The zero-order chi connectivity index (χ0) is 26.7. The normalized spacial score (nSPS) is 27.4. The summed E-state index contributed by atoms with van der Waals surface area (Å²) in [5.41, 5.74) is 2.63. The van der Waals surface area contributed by atoms with Crippen molar-refractivity contribution >= 4 is 51.1 Å². The van der Waals surface area contributed by atoms with Gasteiger partial charge >= 0.3 is 0 Å². The number of halogens is 2. The highest BCUT2D eigenvalue weighted by Crippen LogP contribution is 2.42. The smallest absolute Gasteiger partial charge is 0.145 e. The lowest BCUT2D eigenvalue weighted by Gasteiger charge is -2.41. The Hall–Kier alpha value is -2.43. The van der Waals surface area contributed by atoms with Gasteiger partial charge in [-0.15, -0.1) is 0 Å². The number of rotatable bonds is 8. The maximum absolute atomic E-state index is 11.3. The van der Waals surface area contributed by atoms with Crippen LogP contribution in [0.5, 0.6) is 0 Å². The van der Waals surface area contributed by atoms with E-state index in [1.54, 1.807) is 12.4 Å². The quantitative estimate of drug-likeness (QED) is 0.251. The lowest BCUT2D eigenvalue weighted by atomic mass is 10.0. The van der Waals surface area contributed by atoms with E-state index < -0.39 is 6.10 Å². The number of fused-ring (bicyclic) bond motifs is 3. The average molecular weight is 571 g/mol. The molecule has 0 amide bonds. The number of imidazole rings is 1. The summed E-state index contributed by atoms with van der Waals surface area (Å²) in [7, 11) is 0. The molecule has 206 valence electrons. The minimum Gasteiger partial charge on any atom is -0.388 e. The molecule has 3 aliphatic rings. The molecule has 3 fully saturated rings. The first-order chi connectivity index (χ1) is 18.9. The second-order valence-corrected chi connectivity index (χ2v) is 12.1. The molecule has 0 spiro atoms. The molecule has 0 radical (unpaired) electrons. The second kappa shape index (κ2) is 10.2. The molecule has 2 aliphatic carbocycles. The van der Waals surface area contributed by atoms with Crippen LogP contribution in [0.25, 0.3) is 22.1 Å². The van der Waals surface area contributed by atoms with Crippen LogP contribution in [0.2, 0.25) is 10.0 Å². The number of aliphatic hydroxyl groups excluding tert-OH is 1. The number of aromatic nitrogens is 5. The number of benzene rings is 1. The maximum Gasteiger partial charge on any atom is 0.145 e. The summed E-state index contributed by atoms with van der Waals surface area (Å²) in [5.74, 6) is 2.11. The van der Waals surface area contributed by atoms with Crippen molar-refractivity contribution in [2.75, 3.05) is 18.4 Å². The van der Waals surface area contributed by atoms with Crippen LogP contribution in [0.4, 0.5) is 5.82 Å². The summed E-state index contributed by atoms with van der Waals surface area (Å²) in [4.78, 5) is 19.5. The molecule has 11 heteroatoms. The van der Waals surface area contributed by atoms with Crippen LogP contribution in [0, 0.1) is 5.92 Å². The fourth-order valence-corrected chi connectivity index (χ4v) is 6.65. The van der Waals surface area contributed by atoms with Gasteiger partial charge in [-0.05, 0) is 57.2 Å². The van der Waals surface area contributed by atoms with Crippen molar-refractivity contribution in [3.05, 3.63) is 46.6 Å². The fraction of sp³-hybridized carbons (Fsp3) is 0.536. The Morgan fingerprint density at radius 3 is 2.87 bits per heavy atom. The molecule has 39 heavy (non-hydrogen) atoms. The Kier molecular flexibility index (Phi) is 6.67. The first kappa shape index (κ1) is 25.5. The van der Waals surface area contributed by atoms with Crippen molar-refractivity contribution in [3.8, 4) is 0 Å². The molecule has 5 unspecified atom stereocenters. The van der Waals surface area contributed by atoms with Crippen molar-refractivity contribution in [2.24, 2.45) is 5.92 Å². The van der Waals surface area contributed by atoms with Gasteiger partial charge in [0.2, 0.25) is 0 Å². The third-order valence-electron chi connectivity index (χ3n) is 8.54. The number of aliphatic hydroxyl groups is 1. The summed E-state index contributed by atoms with van der Waals surface area (Å²) < 4.78 is 8.54. The molecule has 1 saturated heterocycles. The van der Waals surface area contributed by atoms with Gasteiger partial charge in [0.1, 0.15) is 35.9 Å². The fourth-order valence-electron chi connectivity index (χ4n) is 6.32. The number of hydrogen-bond donors (Lipinski definition) is 3. The number of aromatic amines is 1. The van der Waals surface area contributed by atoms with Crippen LogP contribution in [-0.4, -0.2) is 72.1 Å². The van der Waals surface area contributed by atoms with Crippen molar-refractivity contribution in [1.29, 1.82) is 0 Å². The largest absolute Gasteiger partial charge is 0.388 e. The molecule has 1 aromatic carbocycles. The first-order valence-electron chi connectivity index (χ1n) is 13.9. The number of nitrogens with one attached hydrogen (secondary N) is 2. The molecular formula is C28H33Cl2N7O2. The highest BCUT2D eigenvalue weighted by Gasteiger charge is 2.48. The number of anilines is 1. The van der Waals surface area contributed by atoms with E-state index in [4.69, 9.17) is 27.9 Å².